The van der Waals surface area contributed by atoms with Crippen LogP contribution in [0.15, 0.2) is 64.9 Å². The van der Waals surface area contributed by atoms with Gasteiger partial charge in [0.25, 0.3) is 5.91 Å². The highest BCUT2D eigenvalue weighted by molar-refractivity contribution is 6.37. The van der Waals surface area contributed by atoms with Crippen molar-refractivity contribution in [3.63, 3.8) is 0 Å². The van der Waals surface area contributed by atoms with Crippen molar-refractivity contribution in [3.8, 4) is 11.1 Å². The fourth-order valence-corrected chi connectivity index (χ4v) is 3.01. The maximum Gasteiger partial charge on any atom is 0.305 e. The van der Waals surface area contributed by atoms with Crippen molar-refractivity contribution in [2.75, 3.05) is 6.61 Å². The van der Waals surface area contributed by atoms with Gasteiger partial charge >= 0.3 is 5.97 Å². The Morgan fingerprint density at radius 2 is 1.73 bits per heavy atom. The van der Waals surface area contributed by atoms with Crippen molar-refractivity contribution in [1.82, 2.24) is 5.32 Å². The highest BCUT2D eigenvalue weighted by atomic mass is 16.5. The van der Waals surface area contributed by atoms with Gasteiger partial charge in [-0.1, -0.05) is 59.8 Å². The summed E-state index contributed by atoms with van der Waals surface area (Å²) in [6.45, 7) is 2.06. The molecule has 8 nitrogen and oxygen atoms in total. The van der Waals surface area contributed by atoms with Gasteiger partial charge in [0.05, 0.1) is 6.61 Å². The number of aryl methyl sites for hydroxylation is 1. The molecule has 30 heavy (non-hydrogen) atoms. The molecule has 4 N–H and O–H groups in total. The number of carbonyl (C=O) groups is 2. The minimum absolute atomic E-state index is 0.186. The molecule has 1 unspecified atom stereocenters. The lowest BCUT2D eigenvalue weighted by atomic mass is 9.99. The summed E-state index contributed by atoms with van der Waals surface area (Å²) in [7, 11) is 0. The summed E-state index contributed by atoms with van der Waals surface area (Å²) in [6, 6.07) is 18.1. The van der Waals surface area contributed by atoms with Crippen LogP contribution in [-0.2, 0) is 20.7 Å². The van der Waals surface area contributed by atoms with E-state index >= 15 is 0 Å². The number of esters is 1. The SMILES string of the molecule is CCOC(=O)CCC(CCc1ccc(-c2ccccc2)cc1)NC(=O)C(N)=NN=N. The Labute approximate surface area is 176 Å². The van der Waals surface area contributed by atoms with Gasteiger partial charge < -0.3 is 15.8 Å². The van der Waals surface area contributed by atoms with Gasteiger partial charge in [-0.25, -0.2) is 0 Å². The fraction of sp³-hybridized carbons (Fsp3) is 0.318. The van der Waals surface area contributed by atoms with E-state index in [0.29, 0.717) is 25.9 Å². The number of nitrogens with one attached hydrogen (secondary N) is 2. The molecule has 0 aliphatic heterocycles. The third-order valence-corrected chi connectivity index (χ3v) is 4.57. The van der Waals surface area contributed by atoms with Crippen LogP contribution < -0.4 is 11.1 Å². The zero-order valence-electron chi connectivity index (χ0n) is 17.0. The first-order chi connectivity index (χ1) is 14.5. The predicted molar refractivity (Wildman–Crippen MR) is 115 cm³/mol. The Kier molecular flexibility index (Phi) is 9.18. The molecule has 0 spiro atoms. The third kappa shape index (κ3) is 7.46. The molecule has 0 saturated heterocycles. The maximum atomic E-state index is 12.1. The second kappa shape index (κ2) is 12.1. The van der Waals surface area contributed by atoms with E-state index in [9.17, 15) is 9.59 Å². The molecule has 1 amide bonds. The van der Waals surface area contributed by atoms with Crippen LogP contribution in [0, 0.1) is 5.53 Å². The molecule has 0 aliphatic carbocycles. The molecule has 0 saturated carbocycles. The molecule has 0 bridgehead atoms. The lowest BCUT2D eigenvalue weighted by Gasteiger charge is -2.18. The van der Waals surface area contributed by atoms with Crippen molar-refractivity contribution >= 4 is 17.7 Å². The van der Waals surface area contributed by atoms with Crippen LogP contribution in [0.4, 0.5) is 0 Å². The van der Waals surface area contributed by atoms with Crippen molar-refractivity contribution in [2.45, 2.75) is 38.6 Å². The predicted octanol–water partition coefficient (Wildman–Crippen LogP) is 3.42. The number of amides is 1. The van der Waals surface area contributed by atoms with E-state index in [1.807, 2.05) is 18.2 Å². The summed E-state index contributed by atoms with van der Waals surface area (Å²) in [4.78, 5) is 23.8. The van der Waals surface area contributed by atoms with Crippen LogP contribution in [0.25, 0.3) is 11.1 Å². The summed E-state index contributed by atoms with van der Waals surface area (Å²) in [5.74, 6) is -1.32. The zero-order valence-corrected chi connectivity index (χ0v) is 17.0. The average molecular weight is 409 g/mol. The molecule has 2 aromatic rings. The standard InChI is InChI=1S/C22H27N5O3/c1-2-30-20(28)15-14-19(25-22(29)21(23)26-27-24)13-10-16-8-11-18(12-9-16)17-6-4-3-5-7-17/h3-9,11-12,19H,2,10,13-15H2,1H3,(H,25,29)(H3,23,24,26). The van der Waals surface area contributed by atoms with Crippen LogP contribution in [0.2, 0.25) is 0 Å². The minimum atomic E-state index is -0.612. The number of nitrogens with two attached hydrogens (primary N) is 1. The first-order valence-corrected chi connectivity index (χ1v) is 9.84. The molecule has 0 aliphatic rings. The Balaban J connectivity index is 1.99. The van der Waals surface area contributed by atoms with Crippen LogP contribution >= 0.6 is 0 Å². The number of nitrogens with zero attached hydrogens (tertiary/aromatic N) is 2. The molecule has 0 radical (unpaired) electrons. The van der Waals surface area contributed by atoms with Crippen LogP contribution in [0.3, 0.4) is 0 Å². The second-order valence-electron chi connectivity index (χ2n) is 6.70. The second-order valence-corrected chi connectivity index (χ2v) is 6.70. The summed E-state index contributed by atoms with van der Waals surface area (Å²) in [5, 5.41) is 8.77. The van der Waals surface area contributed by atoms with Gasteiger partial charge in [0.15, 0.2) is 0 Å². The summed E-state index contributed by atoms with van der Waals surface area (Å²) in [5.41, 5.74) is 15.6. The number of benzene rings is 2. The van der Waals surface area contributed by atoms with Gasteiger partial charge in [-0.15, -0.1) is 5.10 Å². The fourth-order valence-electron chi connectivity index (χ4n) is 3.01. The molecule has 8 heteroatoms. The lowest BCUT2D eigenvalue weighted by molar-refractivity contribution is -0.143. The van der Waals surface area contributed by atoms with Gasteiger partial charge in [-0.3, -0.25) is 9.59 Å². The third-order valence-electron chi connectivity index (χ3n) is 4.57. The number of rotatable bonds is 10. The van der Waals surface area contributed by atoms with E-state index in [0.717, 1.165) is 16.7 Å². The Bertz CT molecular complexity index is 866. The smallest absolute Gasteiger partial charge is 0.305 e. The quantitative estimate of drug-likeness (QED) is 0.182. The zero-order chi connectivity index (χ0) is 21.8. The normalized spacial score (nSPS) is 12.1. The maximum absolute atomic E-state index is 12.1. The summed E-state index contributed by atoms with van der Waals surface area (Å²) >= 11 is 0. The summed E-state index contributed by atoms with van der Waals surface area (Å²) in [6.07, 6.45) is 1.92. The Morgan fingerprint density at radius 1 is 1.07 bits per heavy atom. The molecule has 1 atom stereocenters. The first-order valence-electron chi connectivity index (χ1n) is 9.84. The van der Waals surface area contributed by atoms with Crippen molar-refractivity contribution < 1.29 is 14.3 Å². The van der Waals surface area contributed by atoms with E-state index in [4.69, 9.17) is 16.0 Å². The molecule has 2 rings (SSSR count). The number of amidine groups is 1. The highest BCUT2D eigenvalue weighted by Crippen LogP contribution is 2.20. The van der Waals surface area contributed by atoms with Crippen molar-refractivity contribution in [3.05, 3.63) is 60.2 Å². The number of hydrogen-bond acceptors (Lipinski definition) is 5. The topological polar surface area (TPSA) is 130 Å². The van der Waals surface area contributed by atoms with E-state index in [1.165, 1.54) is 0 Å². The first kappa shape index (κ1) is 22.7. The van der Waals surface area contributed by atoms with Crippen LogP contribution in [-0.4, -0.2) is 30.4 Å². The average Bonchev–Trinajstić information content (AvgIpc) is 2.77. The van der Waals surface area contributed by atoms with Gasteiger partial charge in [-0.05, 0) is 42.9 Å². The van der Waals surface area contributed by atoms with Gasteiger partial charge in [0.2, 0.25) is 5.84 Å². The van der Waals surface area contributed by atoms with Crippen molar-refractivity contribution in [2.24, 2.45) is 16.1 Å². The summed E-state index contributed by atoms with van der Waals surface area (Å²) < 4.78 is 4.96. The largest absolute Gasteiger partial charge is 0.466 e. The van der Waals surface area contributed by atoms with Crippen molar-refractivity contribution in [1.29, 1.82) is 5.53 Å². The van der Waals surface area contributed by atoms with E-state index in [1.54, 1.807) is 6.92 Å². The monoisotopic (exact) mass is 409 g/mol. The number of ether oxygens (including phenoxy) is 1. The van der Waals surface area contributed by atoms with E-state index in [-0.39, 0.29) is 18.4 Å². The Morgan fingerprint density at radius 3 is 2.37 bits per heavy atom. The lowest BCUT2D eigenvalue weighted by Crippen LogP contribution is -2.43. The van der Waals surface area contributed by atoms with Gasteiger partial charge in [-0.2, -0.15) is 5.53 Å². The molecule has 2 aromatic carbocycles. The Hall–Kier alpha value is -3.55. The number of hydrogen-bond donors (Lipinski definition) is 3. The molecule has 0 heterocycles. The molecule has 0 aromatic heterocycles. The molecule has 0 fully saturated rings. The van der Waals surface area contributed by atoms with Crippen LogP contribution in [0.1, 0.15) is 31.7 Å². The number of carbonyl (C=O) groups excluding carboxylic acids is 2. The van der Waals surface area contributed by atoms with Crippen LogP contribution in [0.5, 0.6) is 0 Å². The molecular weight excluding hydrogens is 382 g/mol. The van der Waals surface area contributed by atoms with Gasteiger partial charge in [0, 0.05) is 12.5 Å². The van der Waals surface area contributed by atoms with E-state index in [2.05, 4.69) is 52.0 Å². The van der Waals surface area contributed by atoms with Gasteiger partial charge in [0.1, 0.15) is 0 Å². The van der Waals surface area contributed by atoms with E-state index < -0.39 is 11.7 Å². The minimum Gasteiger partial charge on any atom is -0.466 e. The molecule has 158 valence electrons. The molecular formula is C22H27N5O3. The highest BCUT2D eigenvalue weighted by Gasteiger charge is 2.17.